The number of piperidine rings is 1. The van der Waals surface area contributed by atoms with Crippen molar-refractivity contribution < 1.29 is 12.8 Å². The molecule has 2 atom stereocenters. The summed E-state index contributed by atoms with van der Waals surface area (Å²) >= 11 is 5.74. The van der Waals surface area contributed by atoms with Gasteiger partial charge in [-0.05, 0) is 57.0 Å². The third kappa shape index (κ3) is 3.69. The van der Waals surface area contributed by atoms with Gasteiger partial charge in [-0.3, -0.25) is 0 Å². The van der Waals surface area contributed by atoms with Gasteiger partial charge in [0.15, 0.2) is 0 Å². The van der Waals surface area contributed by atoms with Crippen molar-refractivity contribution in [3.05, 3.63) is 29.0 Å². The van der Waals surface area contributed by atoms with Gasteiger partial charge < -0.3 is 5.32 Å². The Bertz CT molecular complexity index is 574. The van der Waals surface area contributed by atoms with E-state index in [-0.39, 0.29) is 17.0 Å². The fourth-order valence-corrected chi connectivity index (χ4v) is 4.05. The zero-order valence-electron chi connectivity index (χ0n) is 11.2. The predicted octanol–water partition coefficient (Wildman–Crippen LogP) is 2.15. The second-order valence-electron chi connectivity index (χ2n) is 5.09. The van der Waals surface area contributed by atoms with E-state index >= 15 is 0 Å². The van der Waals surface area contributed by atoms with E-state index in [0.717, 1.165) is 38.1 Å². The number of sulfonamides is 1. The molecule has 2 unspecified atom stereocenters. The Hall–Kier alpha value is -0.690. The van der Waals surface area contributed by atoms with E-state index in [1.165, 1.54) is 6.07 Å². The smallest absolute Gasteiger partial charge is 0.243 e. The molecule has 1 heterocycles. The maximum Gasteiger partial charge on any atom is 0.243 e. The SMILES string of the molecule is CC(NS(=O)(=O)c1cc(Cl)ccc1F)C1CCCNC1. The highest BCUT2D eigenvalue weighted by molar-refractivity contribution is 7.89. The molecule has 1 aliphatic heterocycles. The zero-order chi connectivity index (χ0) is 14.8. The summed E-state index contributed by atoms with van der Waals surface area (Å²) in [6.07, 6.45) is 1.97. The molecule has 1 fully saturated rings. The van der Waals surface area contributed by atoms with E-state index in [0.29, 0.717) is 0 Å². The average Bonchev–Trinajstić information content (AvgIpc) is 2.42. The summed E-state index contributed by atoms with van der Waals surface area (Å²) in [7, 11) is -3.90. The third-order valence-corrected chi connectivity index (χ3v) is 5.37. The van der Waals surface area contributed by atoms with Crippen LogP contribution >= 0.6 is 11.6 Å². The Morgan fingerprint density at radius 3 is 2.90 bits per heavy atom. The molecule has 1 aromatic carbocycles. The summed E-state index contributed by atoms with van der Waals surface area (Å²) in [5.41, 5.74) is 0. The van der Waals surface area contributed by atoms with Gasteiger partial charge >= 0.3 is 0 Å². The van der Waals surface area contributed by atoms with Crippen LogP contribution in [0.15, 0.2) is 23.1 Å². The molecule has 112 valence electrons. The van der Waals surface area contributed by atoms with Crippen LogP contribution in [0.25, 0.3) is 0 Å². The van der Waals surface area contributed by atoms with Crippen molar-refractivity contribution in [2.75, 3.05) is 13.1 Å². The molecule has 2 rings (SSSR count). The second kappa shape index (κ2) is 6.39. The third-order valence-electron chi connectivity index (χ3n) is 3.57. The minimum Gasteiger partial charge on any atom is -0.316 e. The van der Waals surface area contributed by atoms with Gasteiger partial charge in [0.05, 0.1) is 0 Å². The Balaban J connectivity index is 2.16. The lowest BCUT2D eigenvalue weighted by molar-refractivity contribution is 0.320. The number of halogens is 2. The maximum atomic E-state index is 13.7. The van der Waals surface area contributed by atoms with Gasteiger partial charge in [0.2, 0.25) is 10.0 Å². The molecule has 1 saturated heterocycles. The maximum absolute atomic E-state index is 13.7. The molecule has 0 saturated carbocycles. The number of hydrogen-bond donors (Lipinski definition) is 2. The molecule has 7 heteroatoms. The molecule has 1 aromatic rings. The average molecular weight is 321 g/mol. The van der Waals surface area contributed by atoms with Crippen molar-refractivity contribution in [2.24, 2.45) is 5.92 Å². The van der Waals surface area contributed by atoms with Crippen LogP contribution in [-0.4, -0.2) is 27.5 Å². The minimum atomic E-state index is -3.90. The first kappa shape index (κ1) is 15.7. The highest BCUT2D eigenvalue weighted by atomic mass is 35.5. The monoisotopic (exact) mass is 320 g/mol. The van der Waals surface area contributed by atoms with E-state index in [2.05, 4.69) is 10.0 Å². The van der Waals surface area contributed by atoms with Crippen LogP contribution in [0.5, 0.6) is 0 Å². The second-order valence-corrected chi connectivity index (χ2v) is 7.21. The summed E-state index contributed by atoms with van der Waals surface area (Å²) in [6, 6.07) is 3.25. The summed E-state index contributed by atoms with van der Waals surface area (Å²) in [4.78, 5) is -0.402. The Morgan fingerprint density at radius 1 is 1.50 bits per heavy atom. The number of hydrogen-bond acceptors (Lipinski definition) is 3. The van der Waals surface area contributed by atoms with Crippen molar-refractivity contribution in [1.82, 2.24) is 10.0 Å². The van der Waals surface area contributed by atoms with Crippen molar-refractivity contribution >= 4 is 21.6 Å². The molecule has 0 spiro atoms. The summed E-state index contributed by atoms with van der Waals surface area (Å²) in [6.45, 7) is 3.53. The lowest BCUT2D eigenvalue weighted by Crippen LogP contribution is -2.44. The Kier molecular flexibility index (Phi) is 5.01. The number of benzene rings is 1. The van der Waals surface area contributed by atoms with Crippen LogP contribution in [-0.2, 0) is 10.0 Å². The minimum absolute atomic E-state index is 0.193. The molecule has 2 N–H and O–H groups in total. The summed E-state index contributed by atoms with van der Waals surface area (Å²) in [5, 5.41) is 3.43. The van der Waals surface area contributed by atoms with E-state index in [1.54, 1.807) is 6.92 Å². The lowest BCUT2D eigenvalue weighted by atomic mass is 9.94. The van der Waals surface area contributed by atoms with Crippen LogP contribution in [0.2, 0.25) is 5.02 Å². The first-order valence-corrected chi connectivity index (χ1v) is 8.44. The molecule has 20 heavy (non-hydrogen) atoms. The summed E-state index contributed by atoms with van der Waals surface area (Å²) < 4.78 is 40.7. The normalized spacial score (nSPS) is 21.6. The van der Waals surface area contributed by atoms with Crippen molar-refractivity contribution in [3.63, 3.8) is 0 Å². The highest BCUT2D eigenvalue weighted by Gasteiger charge is 2.27. The standard InChI is InChI=1S/C13H18ClFN2O2S/c1-9(10-3-2-6-16-8-10)17-20(18,19)13-7-11(14)4-5-12(13)15/h4-5,7,9-10,16-17H,2-3,6,8H2,1H3. The zero-order valence-corrected chi connectivity index (χ0v) is 12.8. The van der Waals surface area contributed by atoms with Gasteiger partial charge in [-0.1, -0.05) is 11.6 Å². The Labute approximate surface area is 123 Å². The van der Waals surface area contributed by atoms with Gasteiger partial charge in [0.1, 0.15) is 10.7 Å². The van der Waals surface area contributed by atoms with Crippen LogP contribution < -0.4 is 10.0 Å². The molecule has 0 radical (unpaired) electrons. The molecule has 0 aromatic heterocycles. The van der Waals surface area contributed by atoms with E-state index in [4.69, 9.17) is 11.6 Å². The highest BCUT2D eigenvalue weighted by Crippen LogP contribution is 2.21. The molecular weight excluding hydrogens is 303 g/mol. The van der Waals surface area contributed by atoms with E-state index < -0.39 is 20.7 Å². The van der Waals surface area contributed by atoms with Crippen LogP contribution in [0.1, 0.15) is 19.8 Å². The van der Waals surface area contributed by atoms with Crippen LogP contribution in [0, 0.1) is 11.7 Å². The number of rotatable bonds is 4. The predicted molar refractivity (Wildman–Crippen MR) is 76.8 cm³/mol. The quantitative estimate of drug-likeness (QED) is 0.893. The van der Waals surface area contributed by atoms with Gasteiger partial charge in [-0.2, -0.15) is 0 Å². The lowest BCUT2D eigenvalue weighted by Gasteiger charge is -2.28. The first-order valence-electron chi connectivity index (χ1n) is 6.58. The van der Waals surface area contributed by atoms with E-state index in [9.17, 15) is 12.8 Å². The summed E-state index contributed by atoms with van der Waals surface area (Å²) in [5.74, 6) is -0.586. The van der Waals surface area contributed by atoms with Crippen LogP contribution in [0.4, 0.5) is 4.39 Å². The fraction of sp³-hybridized carbons (Fsp3) is 0.538. The van der Waals surface area contributed by atoms with Crippen molar-refractivity contribution in [3.8, 4) is 0 Å². The van der Waals surface area contributed by atoms with Gasteiger partial charge in [-0.25, -0.2) is 17.5 Å². The molecular formula is C13H18ClFN2O2S. The van der Waals surface area contributed by atoms with E-state index in [1.807, 2.05) is 0 Å². The molecule has 0 aliphatic carbocycles. The largest absolute Gasteiger partial charge is 0.316 e. The van der Waals surface area contributed by atoms with Gasteiger partial charge in [-0.15, -0.1) is 0 Å². The van der Waals surface area contributed by atoms with Crippen molar-refractivity contribution in [2.45, 2.75) is 30.7 Å². The molecule has 0 amide bonds. The van der Waals surface area contributed by atoms with Crippen molar-refractivity contribution in [1.29, 1.82) is 0 Å². The fourth-order valence-electron chi connectivity index (χ4n) is 2.39. The van der Waals surface area contributed by atoms with Crippen LogP contribution in [0.3, 0.4) is 0 Å². The molecule has 4 nitrogen and oxygen atoms in total. The number of nitrogens with one attached hydrogen (secondary N) is 2. The topological polar surface area (TPSA) is 58.2 Å². The first-order chi connectivity index (χ1) is 9.40. The molecule has 1 aliphatic rings. The molecule has 0 bridgehead atoms. The Morgan fingerprint density at radius 2 is 2.25 bits per heavy atom. The van der Waals surface area contributed by atoms with Gasteiger partial charge in [0, 0.05) is 11.1 Å². The van der Waals surface area contributed by atoms with Gasteiger partial charge in [0.25, 0.3) is 0 Å².